The average Bonchev–Trinajstić information content (AvgIpc) is 1.82. The van der Waals surface area contributed by atoms with Crippen LogP contribution in [0.2, 0.25) is 0 Å². The maximum atomic E-state index is 12.0. The molecule has 0 amide bonds. The number of alkyl halides is 2. The second-order valence-electron chi connectivity index (χ2n) is 2.32. The van der Waals surface area contributed by atoms with E-state index in [9.17, 15) is 9.18 Å². The Balaban J connectivity index is 3.40. The smallest absolute Gasteiger partial charge is 0.351 e. The zero-order valence-corrected chi connectivity index (χ0v) is 7.52. The highest BCUT2D eigenvalue weighted by Gasteiger charge is 2.14. The van der Waals surface area contributed by atoms with Crippen molar-refractivity contribution in [1.29, 1.82) is 0 Å². The van der Waals surface area contributed by atoms with Gasteiger partial charge in [0, 0.05) is 0 Å². The number of halogens is 2. The molecule has 0 aromatic carbocycles. The van der Waals surface area contributed by atoms with E-state index in [1.165, 1.54) is 0 Å². The molecule has 0 spiro atoms. The van der Waals surface area contributed by atoms with Gasteiger partial charge in [0.2, 0.25) is 0 Å². The molecular weight excluding hydrogens is 203 g/mol. The van der Waals surface area contributed by atoms with E-state index in [0.717, 1.165) is 0 Å². The quantitative estimate of drug-likeness (QED) is 0.528. The fraction of sp³-hybridized carbons (Fsp3) is 0.833. The average molecular weight is 213 g/mol. The van der Waals surface area contributed by atoms with Gasteiger partial charge in [-0.05, 0) is 21.8 Å². The maximum Gasteiger partial charge on any atom is 0.351 e. The van der Waals surface area contributed by atoms with Crippen LogP contribution in [0.25, 0.3) is 0 Å². The van der Waals surface area contributed by atoms with E-state index in [0.29, 0.717) is 0 Å². The van der Waals surface area contributed by atoms with Crippen LogP contribution < -0.4 is 0 Å². The van der Waals surface area contributed by atoms with Gasteiger partial charge in [-0.25, -0.2) is 9.18 Å². The predicted molar refractivity (Wildman–Crippen MR) is 39.6 cm³/mol. The number of hydrogen-bond acceptors (Lipinski definition) is 2. The minimum Gasteiger partial charge on any atom is -0.463 e. The zero-order valence-electron chi connectivity index (χ0n) is 5.93. The lowest BCUT2D eigenvalue weighted by Crippen LogP contribution is -2.15. The second-order valence-corrected chi connectivity index (χ2v) is 3.13. The fourth-order valence-corrected chi connectivity index (χ4v) is 0.444. The summed E-state index contributed by atoms with van der Waals surface area (Å²) in [7, 11) is 0. The number of carbonyl (C=O) groups is 1. The topological polar surface area (TPSA) is 26.3 Å². The third-order valence-electron chi connectivity index (χ3n) is 0.737. The lowest BCUT2D eigenvalue weighted by molar-refractivity contribution is -0.146. The summed E-state index contributed by atoms with van der Waals surface area (Å²) in [5.74, 6) is -0.607. The Morgan fingerprint density at radius 2 is 2.20 bits per heavy atom. The molecule has 0 heterocycles. The van der Waals surface area contributed by atoms with Crippen LogP contribution >= 0.6 is 15.9 Å². The van der Waals surface area contributed by atoms with Crippen molar-refractivity contribution in [2.75, 3.05) is 6.61 Å². The molecule has 0 bridgehead atoms. The van der Waals surface area contributed by atoms with Crippen LogP contribution in [-0.4, -0.2) is 17.7 Å². The van der Waals surface area contributed by atoms with Crippen molar-refractivity contribution in [1.82, 2.24) is 0 Å². The van der Waals surface area contributed by atoms with Crippen molar-refractivity contribution in [2.45, 2.75) is 18.9 Å². The van der Waals surface area contributed by atoms with Gasteiger partial charge in [-0.3, -0.25) is 0 Å². The minimum absolute atomic E-state index is 0.246. The summed E-state index contributed by atoms with van der Waals surface area (Å²) in [6.07, 6.45) is 0. The molecule has 0 rings (SSSR count). The number of rotatable bonds is 3. The molecule has 4 heteroatoms. The summed E-state index contributed by atoms with van der Waals surface area (Å²) < 4.78 is 16.5. The number of hydrogen-bond donors (Lipinski definition) is 0. The van der Waals surface area contributed by atoms with E-state index >= 15 is 0 Å². The second kappa shape index (κ2) is 4.66. The predicted octanol–water partition coefficient (Wildman–Crippen LogP) is 1.88. The van der Waals surface area contributed by atoms with Crippen molar-refractivity contribution in [3.63, 3.8) is 0 Å². The Morgan fingerprint density at radius 3 is 2.50 bits per heavy atom. The van der Waals surface area contributed by atoms with E-state index < -0.39 is 11.1 Å². The van der Waals surface area contributed by atoms with Gasteiger partial charge >= 0.3 is 5.97 Å². The van der Waals surface area contributed by atoms with E-state index in [2.05, 4.69) is 20.7 Å². The van der Waals surface area contributed by atoms with E-state index in [4.69, 9.17) is 0 Å². The number of ether oxygens (including phenoxy) is 1. The molecule has 1 atom stereocenters. The normalized spacial score (nSPS) is 13.3. The monoisotopic (exact) mass is 212 g/mol. The summed E-state index contributed by atoms with van der Waals surface area (Å²) in [5, 5.41) is -1.69. The summed E-state index contributed by atoms with van der Waals surface area (Å²) in [4.78, 5) is 10.4. The Bertz CT molecular complexity index is 114. The van der Waals surface area contributed by atoms with Gasteiger partial charge in [-0.2, -0.15) is 0 Å². The molecule has 0 aliphatic heterocycles. The van der Waals surface area contributed by atoms with Gasteiger partial charge in [0.05, 0.1) is 6.61 Å². The molecule has 0 aliphatic carbocycles. The van der Waals surface area contributed by atoms with Crippen LogP contribution in [0.1, 0.15) is 13.8 Å². The first kappa shape index (κ1) is 9.88. The first-order valence-electron chi connectivity index (χ1n) is 2.98. The molecule has 0 unspecified atom stereocenters. The molecule has 0 aliphatic rings. The van der Waals surface area contributed by atoms with Crippen molar-refractivity contribution >= 4 is 21.9 Å². The van der Waals surface area contributed by atoms with E-state index in [-0.39, 0.29) is 12.5 Å². The van der Waals surface area contributed by atoms with E-state index in [1.807, 2.05) is 13.8 Å². The lowest BCUT2D eigenvalue weighted by atomic mass is 10.2. The van der Waals surface area contributed by atoms with Crippen LogP contribution in [0, 0.1) is 5.92 Å². The summed E-state index contributed by atoms with van der Waals surface area (Å²) in [6.45, 7) is 4.04. The summed E-state index contributed by atoms with van der Waals surface area (Å²) >= 11 is 2.45. The number of carbonyl (C=O) groups excluding carboxylic acids is 1. The minimum atomic E-state index is -1.69. The van der Waals surface area contributed by atoms with Crippen LogP contribution in [0.3, 0.4) is 0 Å². The zero-order chi connectivity index (χ0) is 8.15. The highest BCUT2D eigenvalue weighted by molar-refractivity contribution is 9.09. The van der Waals surface area contributed by atoms with Crippen LogP contribution in [0.15, 0.2) is 0 Å². The SMILES string of the molecule is CC(C)COC(=O)[C@H](F)Br. The fourth-order valence-electron chi connectivity index (χ4n) is 0.312. The molecule has 0 radical (unpaired) electrons. The molecule has 0 aromatic rings. The lowest BCUT2D eigenvalue weighted by Gasteiger charge is -2.05. The highest BCUT2D eigenvalue weighted by Crippen LogP contribution is 2.04. The first-order chi connectivity index (χ1) is 4.54. The van der Waals surface area contributed by atoms with Crippen LogP contribution in [0.5, 0.6) is 0 Å². The summed E-state index contributed by atoms with van der Waals surface area (Å²) in [5.41, 5.74) is 0. The molecule has 0 saturated carbocycles. The van der Waals surface area contributed by atoms with Gasteiger partial charge in [0.1, 0.15) is 0 Å². The standard InChI is InChI=1S/C6H10BrFO2/c1-4(2)3-10-6(9)5(7)8/h4-5H,3H2,1-2H3/t5-/m0/s1. The van der Waals surface area contributed by atoms with Crippen molar-refractivity contribution in [3.8, 4) is 0 Å². The molecule has 10 heavy (non-hydrogen) atoms. The molecule has 2 nitrogen and oxygen atoms in total. The largest absolute Gasteiger partial charge is 0.463 e. The molecular formula is C6H10BrFO2. The van der Waals surface area contributed by atoms with Gasteiger partial charge < -0.3 is 4.74 Å². The molecule has 0 aromatic heterocycles. The third-order valence-corrected chi connectivity index (χ3v) is 1.11. The van der Waals surface area contributed by atoms with Crippen molar-refractivity contribution in [2.24, 2.45) is 5.92 Å². The van der Waals surface area contributed by atoms with Crippen molar-refractivity contribution in [3.05, 3.63) is 0 Å². The molecule has 0 N–H and O–H groups in total. The number of esters is 1. The third kappa shape index (κ3) is 4.73. The molecule has 0 fully saturated rings. The van der Waals surface area contributed by atoms with E-state index in [1.54, 1.807) is 0 Å². The van der Waals surface area contributed by atoms with Gasteiger partial charge in [0.25, 0.3) is 5.08 Å². The first-order valence-corrected chi connectivity index (χ1v) is 3.90. The molecule has 60 valence electrons. The van der Waals surface area contributed by atoms with Crippen LogP contribution in [0.4, 0.5) is 4.39 Å². The van der Waals surface area contributed by atoms with Crippen LogP contribution in [-0.2, 0) is 9.53 Å². The van der Waals surface area contributed by atoms with Crippen molar-refractivity contribution < 1.29 is 13.9 Å². The Hall–Kier alpha value is -0.120. The Morgan fingerprint density at radius 1 is 1.70 bits per heavy atom. The highest BCUT2D eigenvalue weighted by atomic mass is 79.9. The van der Waals surface area contributed by atoms with Gasteiger partial charge in [0.15, 0.2) is 0 Å². The Labute approximate surface area is 67.9 Å². The van der Waals surface area contributed by atoms with Gasteiger partial charge in [-0.1, -0.05) is 13.8 Å². The van der Waals surface area contributed by atoms with Gasteiger partial charge in [-0.15, -0.1) is 0 Å². The molecule has 0 saturated heterocycles. The Kier molecular flexibility index (Phi) is 4.60. The maximum absolute atomic E-state index is 12.0. The summed E-state index contributed by atoms with van der Waals surface area (Å²) in [6, 6.07) is 0.